The first-order valence-corrected chi connectivity index (χ1v) is 11.3. The molecule has 150 valence electrons. The minimum atomic E-state index is 0.722. The number of hydrogen-bond donors (Lipinski definition) is 1. The van der Waals surface area contributed by atoms with Crippen molar-refractivity contribution in [3.63, 3.8) is 0 Å². The monoisotopic (exact) mass is 404 g/mol. The molecule has 0 aliphatic carbocycles. The quantitative estimate of drug-likeness (QED) is 0.434. The molecule has 0 saturated carbocycles. The van der Waals surface area contributed by atoms with Gasteiger partial charge < -0.3 is 5.73 Å². The Morgan fingerprint density at radius 1 is 0.966 bits per heavy atom. The molecule has 0 bridgehead atoms. The van der Waals surface area contributed by atoms with Crippen molar-refractivity contribution in [2.24, 2.45) is 5.73 Å². The van der Waals surface area contributed by atoms with Gasteiger partial charge in [0.15, 0.2) is 0 Å². The predicted octanol–water partition coefficient (Wildman–Crippen LogP) is 5.62. The van der Waals surface area contributed by atoms with Gasteiger partial charge in [-0.15, -0.1) is 11.3 Å². The molecule has 29 heavy (non-hydrogen) atoms. The Morgan fingerprint density at radius 2 is 1.79 bits per heavy atom. The number of fused-ring (bicyclic) bond motifs is 2. The van der Waals surface area contributed by atoms with Crippen molar-refractivity contribution in [3.8, 4) is 10.6 Å². The van der Waals surface area contributed by atoms with Crippen LogP contribution in [0.3, 0.4) is 0 Å². The summed E-state index contributed by atoms with van der Waals surface area (Å²) in [7, 11) is 0. The summed E-state index contributed by atoms with van der Waals surface area (Å²) in [5.74, 6) is 0. The fraction of sp³-hybridized carbons (Fsp3) is 0.375. The molecule has 4 nitrogen and oxygen atoms in total. The zero-order valence-corrected chi connectivity index (χ0v) is 18.3. The third-order valence-electron chi connectivity index (χ3n) is 5.30. The van der Waals surface area contributed by atoms with Gasteiger partial charge in [0.1, 0.15) is 5.01 Å². The Morgan fingerprint density at radius 3 is 2.55 bits per heavy atom. The fourth-order valence-corrected chi connectivity index (χ4v) is 4.95. The summed E-state index contributed by atoms with van der Waals surface area (Å²) in [4.78, 5) is 14.6. The van der Waals surface area contributed by atoms with E-state index in [9.17, 15) is 0 Å². The van der Waals surface area contributed by atoms with Crippen molar-refractivity contribution < 1.29 is 0 Å². The molecule has 5 heteroatoms. The molecule has 0 saturated heterocycles. The Balaban J connectivity index is 1.88. The highest BCUT2D eigenvalue weighted by Crippen LogP contribution is 2.36. The molecule has 0 aliphatic heterocycles. The van der Waals surface area contributed by atoms with Crippen LogP contribution >= 0.6 is 11.3 Å². The van der Waals surface area contributed by atoms with Crippen LogP contribution in [0.2, 0.25) is 0 Å². The third kappa shape index (κ3) is 4.02. The van der Waals surface area contributed by atoms with Crippen molar-refractivity contribution in [1.29, 1.82) is 0 Å². The van der Waals surface area contributed by atoms with Gasteiger partial charge in [0.05, 0.1) is 26.9 Å². The van der Waals surface area contributed by atoms with Gasteiger partial charge >= 0.3 is 0 Å². The molecule has 0 fully saturated rings. The molecular formula is C24H28N4S. The van der Waals surface area contributed by atoms with E-state index in [1.54, 1.807) is 11.3 Å². The molecule has 4 rings (SSSR count). The SMILES string of the molecule is CCCc1cc(-c2nc3c(C)cc(CCCN)cc3s2)c2ncc(CC)nc2c1. The second kappa shape index (κ2) is 8.56. The van der Waals surface area contributed by atoms with Gasteiger partial charge in [-0.1, -0.05) is 26.3 Å². The van der Waals surface area contributed by atoms with Crippen LogP contribution in [0.1, 0.15) is 49.1 Å². The molecule has 4 aromatic rings. The van der Waals surface area contributed by atoms with E-state index >= 15 is 0 Å². The number of nitrogens with zero attached hydrogens (tertiary/aromatic N) is 3. The maximum absolute atomic E-state index is 5.70. The highest BCUT2D eigenvalue weighted by atomic mass is 32.1. The van der Waals surface area contributed by atoms with Crippen LogP contribution in [0.4, 0.5) is 0 Å². The number of rotatable bonds is 7. The van der Waals surface area contributed by atoms with E-state index < -0.39 is 0 Å². The van der Waals surface area contributed by atoms with Crippen LogP contribution < -0.4 is 5.73 Å². The molecule has 0 radical (unpaired) electrons. The highest BCUT2D eigenvalue weighted by Gasteiger charge is 2.15. The molecule has 0 aliphatic rings. The van der Waals surface area contributed by atoms with Crippen LogP contribution in [-0.4, -0.2) is 21.5 Å². The summed E-state index contributed by atoms with van der Waals surface area (Å²) in [5, 5.41) is 1.03. The zero-order chi connectivity index (χ0) is 20.4. The molecule has 2 N–H and O–H groups in total. The van der Waals surface area contributed by atoms with Crippen molar-refractivity contribution in [1.82, 2.24) is 15.0 Å². The van der Waals surface area contributed by atoms with E-state index in [1.165, 1.54) is 21.4 Å². The first-order valence-electron chi connectivity index (χ1n) is 10.5. The van der Waals surface area contributed by atoms with Crippen molar-refractivity contribution in [3.05, 3.63) is 52.8 Å². The molecule has 2 aromatic heterocycles. The Kier molecular flexibility index (Phi) is 5.88. The lowest BCUT2D eigenvalue weighted by Gasteiger charge is -2.08. The first-order chi connectivity index (χ1) is 14.1. The van der Waals surface area contributed by atoms with Crippen LogP contribution in [0.5, 0.6) is 0 Å². The van der Waals surface area contributed by atoms with E-state index in [0.717, 1.165) is 71.5 Å². The Hall–Kier alpha value is -2.37. The molecule has 0 unspecified atom stereocenters. The third-order valence-corrected chi connectivity index (χ3v) is 6.34. The van der Waals surface area contributed by atoms with Crippen LogP contribution in [-0.2, 0) is 19.3 Å². The fourth-order valence-electron chi connectivity index (χ4n) is 3.82. The predicted molar refractivity (Wildman–Crippen MR) is 124 cm³/mol. The normalized spacial score (nSPS) is 11.6. The van der Waals surface area contributed by atoms with Crippen LogP contribution in [0.15, 0.2) is 30.5 Å². The molecule has 0 spiro atoms. The largest absolute Gasteiger partial charge is 0.330 e. The number of thiazole rings is 1. The van der Waals surface area contributed by atoms with Crippen molar-refractivity contribution in [2.75, 3.05) is 6.54 Å². The highest BCUT2D eigenvalue weighted by molar-refractivity contribution is 7.21. The van der Waals surface area contributed by atoms with Gasteiger partial charge in [0.2, 0.25) is 0 Å². The standard InChI is InChI=1S/C24H28N4S/c1-4-7-16-11-19(23-20(12-16)27-18(5-2)14-26-23)24-28-22-15(3)10-17(8-6-9-25)13-21(22)29-24/h10-14H,4-9,25H2,1-3H3. The average Bonchev–Trinajstić information content (AvgIpc) is 3.16. The van der Waals surface area contributed by atoms with Gasteiger partial charge in [-0.2, -0.15) is 0 Å². The maximum atomic E-state index is 5.70. The smallest absolute Gasteiger partial charge is 0.126 e. The number of aryl methyl sites for hydroxylation is 4. The van der Waals surface area contributed by atoms with Gasteiger partial charge in [0.25, 0.3) is 0 Å². The van der Waals surface area contributed by atoms with Crippen LogP contribution in [0, 0.1) is 6.92 Å². The second-order valence-corrected chi connectivity index (χ2v) is 8.68. The minimum absolute atomic E-state index is 0.722. The number of hydrogen-bond acceptors (Lipinski definition) is 5. The van der Waals surface area contributed by atoms with Crippen LogP contribution in [0.25, 0.3) is 31.8 Å². The summed E-state index contributed by atoms with van der Waals surface area (Å²) < 4.78 is 1.24. The molecule has 2 aromatic carbocycles. The molecule has 2 heterocycles. The van der Waals surface area contributed by atoms with E-state index in [4.69, 9.17) is 20.7 Å². The summed E-state index contributed by atoms with van der Waals surface area (Å²) in [6, 6.07) is 8.98. The topological polar surface area (TPSA) is 64.7 Å². The molecular weight excluding hydrogens is 376 g/mol. The lowest BCUT2D eigenvalue weighted by atomic mass is 10.0. The minimum Gasteiger partial charge on any atom is -0.330 e. The van der Waals surface area contributed by atoms with E-state index in [-0.39, 0.29) is 0 Å². The zero-order valence-electron chi connectivity index (χ0n) is 17.5. The summed E-state index contributed by atoms with van der Waals surface area (Å²) in [5.41, 5.74) is 14.7. The molecule has 0 atom stereocenters. The van der Waals surface area contributed by atoms with E-state index in [2.05, 4.69) is 45.0 Å². The summed E-state index contributed by atoms with van der Waals surface area (Å²) in [6.45, 7) is 7.20. The van der Waals surface area contributed by atoms with E-state index in [1.807, 2.05) is 6.20 Å². The second-order valence-electron chi connectivity index (χ2n) is 7.65. The van der Waals surface area contributed by atoms with Crippen molar-refractivity contribution in [2.45, 2.75) is 52.9 Å². The number of nitrogens with two attached hydrogens (primary N) is 1. The first kappa shape index (κ1) is 19.9. The summed E-state index contributed by atoms with van der Waals surface area (Å²) >= 11 is 1.75. The maximum Gasteiger partial charge on any atom is 0.126 e. The van der Waals surface area contributed by atoms with Gasteiger partial charge in [-0.05, 0) is 74.0 Å². The van der Waals surface area contributed by atoms with Gasteiger partial charge in [-0.25, -0.2) is 9.97 Å². The Labute approximate surface area is 176 Å². The van der Waals surface area contributed by atoms with Crippen molar-refractivity contribution >= 4 is 32.6 Å². The van der Waals surface area contributed by atoms with Gasteiger partial charge in [-0.3, -0.25) is 4.98 Å². The van der Waals surface area contributed by atoms with E-state index in [0.29, 0.717) is 0 Å². The van der Waals surface area contributed by atoms with Gasteiger partial charge in [0, 0.05) is 11.8 Å². The lowest BCUT2D eigenvalue weighted by Crippen LogP contribution is -2.00. The average molecular weight is 405 g/mol. The molecule has 0 amide bonds. The Bertz CT molecular complexity index is 1160. The summed E-state index contributed by atoms with van der Waals surface area (Å²) in [6.07, 6.45) is 6.96. The lowest BCUT2D eigenvalue weighted by molar-refractivity contribution is 0.833. The number of benzene rings is 2. The number of aromatic nitrogens is 3.